The van der Waals surface area contributed by atoms with E-state index in [0.29, 0.717) is 5.02 Å². The van der Waals surface area contributed by atoms with Crippen molar-refractivity contribution in [3.63, 3.8) is 0 Å². The molecule has 0 heterocycles. The summed E-state index contributed by atoms with van der Waals surface area (Å²) in [6.07, 6.45) is -1.18. The molecule has 1 N–H and O–H groups in total. The Morgan fingerprint density at radius 1 is 1.17 bits per heavy atom. The van der Waals surface area contributed by atoms with Crippen molar-refractivity contribution >= 4 is 69.4 Å². The Hall–Kier alpha value is -2.13. The quantitative estimate of drug-likeness (QED) is 0.196. The van der Waals surface area contributed by atoms with E-state index >= 15 is 0 Å². The van der Waals surface area contributed by atoms with Gasteiger partial charge in [0, 0.05) is 17.2 Å². The van der Waals surface area contributed by atoms with Crippen LogP contribution < -0.4 is 5.32 Å². The van der Waals surface area contributed by atoms with Crippen molar-refractivity contribution in [2.45, 2.75) is 19.5 Å². The van der Waals surface area contributed by atoms with E-state index in [1.807, 2.05) is 0 Å². The molecular formula is C17H14Cl4N4O4. The zero-order chi connectivity index (χ0) is 21.6. The number of nitro groups is 1. The van der Waals surface area contributed by atoms with Crippen molar-refractivity contribution in [3.05, 3.63) is 60.5 Å². The van der Waals surface area contributed by atoms with E-state index in [9.17, 15) is 14.9 Å². The lowest BCUT2D eigenvalue weighted by Crippen LogP contribution is -2.22. The minimum absolute atomic E-state index is 0.151. The number of carbonyl (C=O) groups excluding carboxylic acids is 1. The highest BCUT2D eigenvalue weighted by Crippen LogP contribution is 2.36. The Labute approximate surface area is 185 Å². The fourth-order valence-electron chi connectivity index (χ4n) is 2.17. The van der Waals surface area contributed by atoms with Crippen LogP contribution in [0.4, 0.5) is 17.1 Å². The average Bonchev–Trinajstić information content (AvgIpc) is 2.62. The second kappa shape index (κ2) is 10.6. The summed E-state index contributed by atoms with van der Waals surface area (Å²) in [4.78, 5) is 22.4. The SMILES string of the molecule is CCOC(=O)CC(N=Nc1c(Cl)cc(Cl)cc1Cl)Nc1cc([N+](=O)[O-])ccc1Cl. The van der Waals surface area contributed by atoms with Crippen LogP contribution in [0.25, 0.3) is 0 Å². The number of non-ortho nitro benzene ring substituents is 1. The van der Waals surface area contributed by atoms with Crippen LogP contribution in [0.1, 0.15) is 13.3 Å². The van der Waals surface area contributed by atoms with Crippen LogP contribution in [-0.4, -0.2) is 23.7 Å². The molecule has 2 aromatic rings. The second-order valence-electron chi connectivity index (χ2n) is 5.52. The molecule has 8 nitrogen and oxygen atoms in total. The zero-order valence-electron chi connectivity index (χ0n) is 14.9. The summed E-state index contributed by atoms with van der Waals surface area (Å²) in [5, 5.41) is 22.7. The van der Waals surface area contributed by atoms with Crippen molar-refractivity contribution in [1.29, 1.82) is 0 Å². The Bertz CT molecular complexity index is 932. The van der Waals surface area contributed by atoms with Crippen molar-refractivity contribution in [1.82, 2.24) is 0 Å². The standard InChI is InChI=1S/C17H14Cl4N4O4/c1-2-29-16(26)8-15(22-14-7-10(25(27)28)3-4-11(14)19)23-24-17-12(20)5-9(18)6-13(17)21/h3-7,15,22H,2,8H2,1H3. The van der Waals surface area contributed by atoms with Gasteiger partial charge >= 0.3 is 5.97 Å². The topological polar surface area (TPSA) is 106 Å². The Morgan fingerprint density at radius 3 is 2.41 bits per heavy atom. The maximum atomic E-state index is 11.9. The molecule has 0 aliphatic heterocycles. The minimum Gasteiger partial charge on any atom is -0.466 e. The number of nitrogens with one attached hydrogen (secondary N) is 1. The molecule has 1 atom stereocenters. The lowest BCUT2D eigenvalue weighted by Gasteiger charge is -2.15. The first-order chi connectivity index (χ1) is 13.7. The van der Waals surface area contributed by atoms with Gasteiger partial charge in [-0.05, 0) is 25.1 Å². The van der Waals surface area contributed by atoms with Gasteiger partial charge in [0.25, 0.3) is 5.69 Å². The number of nitrogens with zero attached hydrogens (tertiary/aromatic N) is 3. The first-order valence-corrected chi connectivity index (χ1v) is 9.64. The number of ether oxygens (including phenoxy) is 1. The fraction of sp³-hybridized carbons (Fsp3) is 0.235. The molecule has 0 aromatic heterocycles. The van der Waals surface area contributed by atoms with E-state index in [4.69, 9.17) is 51.1 Å². The molecule has 1 unspecified atom stereocenters. The van der Waals surface area contributed by atoms with Crippen molar-refractivity contribution < 1.29 is 14.5 Å². The van der Waals surface area contributed by atoms with Crippen LogP contribution in [0.5, 0.6) is 0 Å². The van der Waals surface area contributed by atoms with Gasteiger partial charge in [-0.3, -0.25) is 14.9 Å². The third kappa shape index (κ3) is 6.71. The maximum Gasteiger partial charge on any atom is 0.309 e. The van der Waals surface area contributed by atoms with Crippen molar-refractivity contribution in [3.8, 4) is 0 Å². The third-order valence-corrected chi connectivity index (χ3v) is 4.55. The Morgan fingerprint density at radius 2 is 1.83 bits per heavy atom. The van der Waals surface area contributed by atoms with Gasteiger partial charge < -0.3 is 10.1 Å². The van der Waals surface area contributed by atoms with Crippen molar-refractivity contribution in [2.75, 3.05) is 11.9 Å². The van der Waals surface area contributed by atoms with E-state index in [2.05, 4.69) is 15.5 Å². The van der Waals surface area contributed by atoms with E-state index < -0.39 is 17.1 Å². The number of rotatable bonds is 8. The lowest BCUT2D eigenvalue weighted by molar-refractivity contribution is -0.384. The monoisotopic (exact) mass is 478 g/mol. The van der Waals surface area contributed by atoms with Gasteiger partial charge in [0.1, 0.15) is 5.69 Å². The van der Waals surface area contributed by atoms with Crippen LogP contribution >= 0.6 is 46.4 Å². The highest BCUT2D eigenvalue weighted by molar-refractivity contribution is 6.41. The summed E-state index contributed by atoms with van der Waals surface area (Å²) >= 11 is 24.1. The van der Waals surface area contributed by atoms with Gasteiger partial charge in [0.05, 0.1) is 38.7 Å². The van der Waals surface area contributed by atoms with Crippen LogP contribution in [0.3, 0.4) is 0 Å². The number of carbonyl (C=O) groups is 1. The molecule has 12 heteroatoms. The minimum atomic E-state index is -0.962. The number of hydrogen-bond acceptors (Lipinski definition) is 7. The number of azo groups is 1. The van der Waals surface area contributed by atoms with E-state index in [-0.39, 0.29) is 45.2 Å². The molecule has 0 aliphatic carbocycles. The van der Waals surface area contributed by atoms with Crippen LogP contribution in [-0.2, 0) is 9.53 Å². The molecule has 0 radical (unpaired) electrons. The van der Waals surface area contributed by atoms with Crippen LogP contribution in [0.2, 0.25) is 20.1 Å². The fourth-order valence-corrected chi connectivity index (χ4v) is 3.24. The van der Waals surface area contributed by atoms with E-state index in [1.165, 1.54) is 30.3 Å². The molecule has 0 spiro atoms. The predicted molar refractivity (Wildman–Crippen MR) is 113 cm³/mol. The molecule has 2 rings (SSSR count). The van der Waals surface area contributed by atoms with Gasteiger partial charge in [0.15, 0.2) is 6.17 Å². The van der Waals surface area contributed by atoms with E-state index in [0.717, 1.165) is 0 Å². The summed E-state index contributed by atoms with van der Waals surface area (Å²) in [5.74, 6) is -0.557. The highest BCUT2D eigenvalue weighted by atomic mass is 35.5. The molecule has 0 fully saturated rings. The summed E-state index contributed by atoms with van der Waals surface area (Å²) in [6, 6.07) is 6.71. The van der Waals surface area contributed by atoms with Gasteiger partial charge in [-0.15, -0.1) is 0 Å². The normalized spacial score (nSPS) is 12.0. The molecule has 0 bridgehead atoms. The van der Waals surface area contributed by atoms with Crippen molar-refractivity contribution in [2.24, 2.45) is 10.2 Å². The highest BCUT2D eigenvalue weighted by Gasteiger charge is 2.18. The summed E-state index contributed by atoms with van der Waals surface area (Å²) in [5.41, 5.74) is 0.161. The number of benzene rings is 2. The smallest absolute Gasteiger partial charge is 0.309 e. The molecule has 0 amide bonds. The molecule has 0 saturated carbocycles. The predicted octanol–water partition coefficient (Wildman–Crippen LogP) is 6.68. The maximum absolute atomic E-state index is 11.9. The molecule has 0 aliphatic rings. The van der Waals surface area contributed by atoms with Gasteiger partial charge in [0.2, 0.25) is 0 Å². The largest absolute Gasteiger partial charge is 0.466 e. The molecule has 0 saturated heterocycles. The Kier molecular flexibility index (Phi) is 8.45. The van der Waals surface area contributed by atoms with Gasteiger partial charge in [-0.25, -0.2) is 0 Å². The number of anilines is 1. The van der Waals surface area contributed by atoms with E-state index in [1.54, 1.807) is 6.92 Å². The van der Waals surface area contributed by atoms with Crippen LogP contribution in [0, 0.1) is 10.1 Å². The average molecular weight is 480 g/mol. The van der Waals surface area contributed by atoms with Gasteiger partial charge in [-0.1, -0.05) is 46.4 Å². The van der Waals surface area contributed by atoms with Gasteiger partial charge in [-0.2, -0.15) is 10.2 Å². The molecule has 2 aromatic carbocycles. The third-order valence-electron chi connectivity index (χ3n) is 3.43. The summed E-state index contributed by atoms with van der Waals surface area (Å²) in [6.45, 7) is 1.83. The number of nitro benzene ring substituents is 1. The number of esters is 1. The molecular weight excluding hydrogens is 466 g/mol. The number of halogens is 4. The zero-order valence-corrected chi connectivity index (χ0v) is 17.9. The van der Waals surface area contributed by atoms with Crippen LogP contribution in [0.15, 0.2) is 40.6 Å². The first kappa shape index (κ1) is 23.2. The lowest BCUT2D eigenvalue weighted by atomic mass is 10.2. The second-order valence-corrected chi connectivity index (χ2v) is 7.18. The summed E-state index contributed by atoms with van der Waals surface area (Å²) in [7, 11) is 0. The molecule has 29 heavy (non-hydrogen) atoms. The first-order valence-electron chi connectivity index (χ1n) is 8.12. The summed E-state index contributed by atoms with van der Waals surface area (Å²) < 4.78 is 4.93. The Balaban J connectivity index is 2.34. The number of hydrogen-bond donors (Lipinski definition) is 1. The molecule has 154 valence electrons.